The van der Waals surface area contributed by atoms with E-state index in [0.717, 1.165) is 63.2 Å². The average Bonchev–Trinajstić information content (AvgIpc) is 3.41. The lowest BCUT2D eigenvalue weighted by Gasteiger charge is -2.37. The van der Waals surface area contributed by atoms with Crippen LogP contribution in [0.5, 0.6) is 0 Å². The van der Waals surface area contributed by atoms with E-state index in [9.17, 15) is 19.2 Å². The second-order valence-corrected chi connectivity index (χ2v) is 14.7. The Morgan fingerprint density at radius 2 is 1.73 bits per heavy atom. The zero-order valence-electron chi connectivity index (χ0n) is 27.5. The molecule has 2 N–H and O–H groups in total. The Kier molecular flexibility index (Phi) is 9.23. The number of nitrogens with zero attached hydrogens (tertiary/aromatic N) is 5. The van der Waals surface area contributed by atoms with Gasteiger partial charge in [-0.15, -0.1) is 0 Å². The third kappa shape index (κ3) is 6.57. The summed E-state index contributed by atoms with van der Waals surface area (Å²) >= 11 is 3.44. The van der Waals surface area contributed by atoms with Crippen molar-refractivity contribution in [3.8, 4) is 0 Å². The summed E-state index contributed by atoms with van der Waals surface area (Å²) in [4.78, 5) is 56.3. The molecule has 48 heavy (non-hydrogen) atoms. The Bertz CT molecular complexity index is 1790. The fourth-order valence-electron chi connectivity index (χ4n) is 8.04. The van der Waals surface area contributed by atoms with Crippen LogP contribution in [-0.4, -0.2) is 87.5 Å². The Hall–Kier alpha value is -3.87. The van der Waals surface area contributed by atoms with Crippen LogP contribution in [0.3, 0.4) is 0 Å². The molecule has 11 nitrogen and oxygen atoms in total. The van der Waals surface area contributed by atoms with Crippen molar-refractivity contribution in [2.75, 3.05) is 38.5 Å². The number of likely N-dealkylation sites (N-methyl/N-ethyl adjacent to an activating group) is 1. The van der Waals surface area contributed by atoms with Crippen molar-refractivity contribution in [3.63, 3.8) is 0 Å². The van der Waals surface area contributed by atoms with E-state index in [1.54, 1.807) is 18.1 Å². The number of aromatic nitrogens is 2. The fraction of sp³-hybridized carbons (Fsp3) is 0.472. The van der Waals surface area contributed by atoms with Gasteiger partial charge in [-0.2, -0.15) is 5.10 Å². The number of likely N-dealkylation sites (tertiary alicyclic amines) is 2. The van der Waals surface area contributed by atoms with Gasteiger partial charge < -0.3 is 15.1 Å². The Labute approximate surface area is 288 Å². The van der Waals surface area contributed by atoms with Gasteiger partial charge in [0, 0.05) is 51.3 Å². The van der Waals surface area contributed by atoms with Crippen LogP contribution in [0.1, 0.15) is 76.6 Å². The van der Waals surface area contributed by atoms with Gasteiger partial charge in [0.2, 0.25) is 11.8 Å². The maximum Gasteiger partial charge on any atom is 0.282 e. The minimum atomic E-state index is -0.591. The largest absolute Gasteiger partial charge is 0.379 e. The zero-order chi connectivity index (χ0) is 33.5. The molecule has 3 aromatic rings. The van der Waals surface area contributed by atoms with Crippen LogP contribution in [0.15, 0.2) is 57.9 Å². The maximum absolute atomic E-state index is 13.3. The summed E-state index contributed by atoms with van der Waals surface area (Å²) in [7, 11) is 3.79. The molecule has 2 aromatic carbocycles. The third-order valence-electron chi connectivity index (χ3n) is 10.6. The monoisotopic (exact) mass is 715 g/mol. The number of halogens is 1. The Morgan fingerprint density at radius 1 is 0.958 bits per heavy atom. The molecule has 5 heterocycles. The molecule has 4 aliphatic heterocycles. The fourth-order valence-corrected chi connectivity index (χ4v) is 8.52. The molecule has 0 radical (unpaired) electrons. The molecule has 0 saturated carbocycles. The van der Waals surface area contributed by atoms with Crippen LogP contribution < -0.4 is 16.2 Å². The molecule has 252 valence electrons. The van der Waals surface area contributed by atoms with E-state index in [4.69, 9.17) is 0 Å². The van der Waals surface area contributed by atoms with Crippen molar-refractivity contribution in [2.45, 2.75) is 69.1 Å². The highest BCUT2D eigenvalue weighted by atomic mass is 79.9. The number of aryl methyl sites for hydroxylation is 1. The van der Waals surface area contributed by atoms with Crippen molar-refractivity contribution >= 4 is 39.3 Å². The molecule has 12 heteroatoms. The highest BCUT2D eigenvalue weighted by Gasteiger charge is 2.40. The number of piperidine rings is 3. The third-order valence-corrected chi connectivity index (χ3v) is 11.3. The second-order valence-electron chi connectivity index (χ2n) is 13.9. The first-order valence-electron chi connectivity index (χ1n) is 16.9. The summed E-state index contributed by atoms with van der Waals surface area (Å²) in [5, 5.41) is 10.1. The molecule has 0 aliphatic carbocycles. The van der Waals surface area contributed by atoms with Crippen LogP contribution in [0, 0.1) is 0 Å². The topological polar surface area (TPSA) is 120 Å². The number of anilines is 1. The molecule has 3 saturated heterocycles. The van der Waals surface area contributed by atoms with Gasteiger partial charge in [-0.25, -0.2) is 4.68 Å². The summed E-state index contributed by atoms with van der Waals surface area (Å²) in [6, 6.07) is 14.7. The smallest absolute Gasteiger partial charge is 0.282 e. The van der Waals surface area contributed by atoms with Gasteiger partial charge in [0.1, 0.15) is 10.5 Å². The lowest BCUT2D eigenvalue weighted by molar-refractivity contribution is -0.136. The van der Waals surface area contributed by atoms with Gasteiger partial charge in [-0.3, -0.25) is 29.4 Å². The number of hydrogen-bond acceptors (Lipinski definition) is 8. The van der Waals surface area contributed by atoms with Crippen molar-refractivity contribution in [2.24, 2.45) is 7.05 Å². The van der Waals surface area contributed by atoms with Crippen LogP contribution in [0.25, 0.3) is 0 Å². The lowest BCUT2D eigenvalue weighted by atomic mass is 9.85. The lowest BCUT2D eigenvalue weighted by Crippen LogP contribution is -2.52. The second kappa shape index (κ2) is 13.6. The summed E-state index contributed by atoms with van der Waals surface area (Å²) < 4.78 is 1.84. The first-order chi connectivity index (χ1) is 23.1. The standard InChI is InChI=1S/C36H42BrN7O4/c1-41-19-25(16-26(20-41)39-30-17-38-42(2)36(48)33(30)37)23-8-6-22(7-9-23)18-43-14-12-24(13-15-43)27-4-3-5-28-29(27)21-44(35(28)47)31-10-11-32(45)40-34(31)46/h3-9,17,24-26,31,39H,10-16,18-21H2,1-2H3,(H,40,45,46)/t25-,26+,31?/m1/s1. The van der Waals surface area contributed by atoms with E-state index < -0.39 is 6.04 Å². The SMILES string of the molecule is CN1C[C@@H](Nc2cnn(C)c(=O)c2Br)C[C@@H](c2ccc(CN3CCC(c4cccc5c4CN(C4CCC(=O)NC4=O)C5=O)CC3)cc2)C1. The van der Waals surface area contributed by atoms with Crippen LogP contribution >= 0.6 is 15.9 Å². The average molecular weight is 717 g/mol. The number of fused-ring (bicyclic) bond motifs is 1. The molecule has 0 spiro atoms. The molecule has 3 fully saturated rings. The van der Waals surface area contributed by atoms with E-state index in [1.165, 1.54) is 21.4 Å². The molecule has 7 rings (SSSR count). The van der Waals surface area contributed by atoms with Gasteiger partial charge in [0.25, 0.3) is 11.5 Å². The Balaban J connectivity index is 0.944. The summed E-state index contributed by atoms with van der Waals surface area (Å²) in [5.41, 5.74) is 6.18. The van der Waals surface area contributed by atoms with Crippen molar-refractivity contribution in [1.82, 2.24) is 29.8 Å². The van der Waals surface area contributed by atoms with E-state index >= 15 is 0 Å². The molecule has 1 unspecified atom stereocenters. The number of nitrogens with one attached hydrogen (secondary N) is 2. The number of rotatable bonds is 7. The van der Waals surface area contributed by atoms with Crippen molar-refractivity contribution in [1.29, 1.82) is 0 Å². The molecule has 3 amide bonds. The number of hydrogen-bond donors (Lipinski definition) is 2. The van der Waals surface area contributed by atoms with Gasteiger partial charge >= 0.3 is 0 Å². The van der Waals surface area contributed by atoms with Crippen LogP contribution in [0.4, 0.5) is 5.69 Å². The number of imide groups is 1. The van der Waals surface area contributed by atoms with Gasteiger partial charge in [-0.1, -0.05) is 36.4 Å². The molecule has 0 bridgehead atoms. The number of carbonyl (C=O) groups excluding carboxylic acids is 3. The van der Waals surface area contributed by atoms with Crippen LogP contribution in [-0.2, 0) is 29.7 Å². The summed E-state index contributed by atoms with van der Waals surface area (Å²) in [5.74, 6) is 0.00487. The first kappa shape index (κ1) is 32.7. The Morgan fingerprint density at radius 3 is 2.48 bits per heavy atom. The molecule has 1 aromatic heterocycles. The number of benzene rings is 2. The number of carbonyl (C=O) groups is 3. The summed E-state index contributed by atoms with van der Waals surface area (Å²) in [6.45, 7) is 5.18. The predicted molar refractivity (Wildman–Crippen MR) is 186 cm³/mol. The zero-order valence-corrected chi connectivity index (χ0v) is 29.0. The normalized spacial score (nSPS) is 24.1. The van der Waals surface area contributed by atoms with Gasteiger partial charge in [0.15, 0.2) is 0 Å². The molecular weight excluding hydrogens is 674 g/mol. The first-order valence-corrected chi connectivity index (χ1v) is 17.7. The molecular formula is C36H42BrN7O4. The van der Waals surface area contributed by atoms with Gasteiger partial charge in [-0.05, 0) is 102 Å². The maximum atomic E-state index is 13.3. The highest BCUT2D eigenvalue weighted by molar-refractivity contribution is 9.10. The van der Waals surface area contributed by atoms with Gasteiger partial charge in [0.05, 0.1) is 11.9 Å². The predicted octanol–water partition coefficient (Wildman–Crippen LogP) is 3.58. The quantitative estimate of drug-likeness (QED) is 0.357. The van der Waals surface area contributed by atoms with E-state index in [2.05, 4.69) is 78.8 Å². The summed E-state index contributed by atoms with van der Waals surface area (Å²) in [6.07, 6.45) is 5.35. The minimum Gasteiger partial charge on any atom is -0.379 e. The van der Waals surface area contributed by atoms with E-state index in [0.29, 0.717) is 34.8 Å². The number of amides is 3. The highest BCUT2D eigenvalue weighted by Crippen LogP contribution is 2.37. The molecule has 3 atom stereocenters. The minimum absolute atomic E-state index is 0.109. The van der Waals surface area contributed by atoms with Crippen LogP contribution in [0.2, 0.25) is 0 Å². The van der Waals surface area contributed by atoms with E-state index in [1.807, 2.05) is 12.1 Å². The van der Waals surface area contributed by atoms with Crippen molar-refractivity contribution in [3.05, 3.63) is 91.3 Å². The molecule has 4 aliphatic rings. The van der Waals surface area contributed by atoms with Crippen molar-refractivity contribution < 1.29 is 14.4 Å². The van der Waals surface area contributed by atoms with E-state index in [-0.39, 0.29) is 35.7 Å².